The number of amides is 1. The summed E-state index contributed by atoms with van der Waals surface area (Å²) in [5, 5.41) is 2.90. The summed E-state index contributed by atoms with van der Waals surface area (Å²) in [6, 6.07) is 12.3. The van der Waals surface area contributed by atoms with Crippen molar-refractivity contribution in [3.63, 3.8) is 0 Å². The molecule has 1 aliphatic rings. The number of piperidine rings is 1. The number of anilines is 1. The molecule has 0 aromatic heterocycles. The van der Waals surface area contributed by atoms with Crippen molar-refractivity contribution in [1.82, 2.24) is 4.31 Å². The number of ether oxygens (including phenoxy) is 2. The fourth-order valence-electron chi connectivity index (χ4n) is 3.77. The highest BCUT2D eigenvalue weighted by atomic mass is 32.2. The second kappa shape index (κ2) is 9.50. The predicted molar refractivity (Wildman–Crippen MR) is 125 cm³/mol. The number of hydrogen-bond acceptors (Lipinski definition) is 5. The first-order valence-corrected chi connectivity index (χ1v) is 12.1. The van der Waals surface area contributed by atoms with Crippen LogP contribution in [0.2, 0.25) is 0 Å². The van der Waals surface area contributed by atoms with Crippen LogP contribution >= 0.6 is 0 Å². The molecule has 0 spiro atoms. The molecule has 1 amide bonds. The standard InChI is InChI=1S/C24H32N2O5S/c1-24(2,3)18-6-9-20(10-7-18)32(28,29)26-14-12-17(13-15-26)23(27)25-21-11-8-19(30-4)16-22(21)31-5/h6-11,16-17H,12-15H2,1-5H3,(H,25,27). The Morgan fingerprint density at radius 2 is 1.62 bits per heavy atom. The Labute approximate surface area is 190 Å². The molecule has 3 rings (SSSR count). The van der Waals surface area contributed by atoms with E-state index in [2.05, 4.69) is 26.1 Å². The van der Waals surface area contributed by atoms with Crippen LogP contribution in [0.4, 0.5) is 5.69 Å². The summed E-state index contributed by atoms with van der Waals surface area (Å²) >= 11 is 0. The van der Waals surface area contributed by atoms with E-state index in [0.29, 0.717) is 43.1 Å². The summed E-state index contributed by atoms with van der Waals surface area (Å²) in [5.41, 5.74) is 1.61. The first-order valence-electron chi connectivity index (χ1n) is 10.7. The zero-order valence-electron chi connectivity index (χ0n) is 19.3. The van der Waals surface area contributed by atoms with Gasteiger partial charge in [-0.3, -0.25) is 4.79 Å². The summed E-state index contributed by atoms with van der Waals surface area (Å²) in [5.74, 6) is 0.738. The van der Waals surface area contributed by atoms with Crippen molar-refractivity contribution in [2.75, 3.05) is 32.6 Å². The van der Waals surface area contributed by atoms with Gasteiger partial charge in [-0.25, -0.2) is 8.42 Å². The summed E-state index contributed by atoms with van der Waals surface area (Å²) in [6.07, 6.45) is 0.924. The quantitative estimate of drug-likeness (QED) is 0.703. The lowest BCUT2D eigenvalue weighted by Gasteiger charge is -2.31. The lowest BCUT2D eigenvalue weighted by molar-refractivity contribution is -0.120. The smallest absolute Gasteiger partial charge is 0.243 e. The number of rotatable bonds is 6. The Bertz CT molecular complexity index is 1050. The SMILES string of the molecule is COc1ccc(NC(=O)C2CCN(S(=O)(=O)c3ccc(C(C)(C)C)cc3)CC2)c(OC)c1. The molecule has 1 saturated heterocycles. The minimum atomic E-state index is -3.58. The molecule has 0 saturated carbocycles. The van der Waals surface area contributed by atoms with Crippen molar-refractivity contribution in [3.8, 4) is 11.5 Å². The van der Waals surface area contributed by atoms with Crippen LogP contribution in [0.5, 0.6) is 11.5 Å². The maximum Gasteiger partial charge on any atom is 0.243 e. The van der Waals surface area contributed by atoms with E-state index in [1.807, 2.05) is 12.1 Å². The maximum atomic E-state index is 13.1. The monoisotopic (exact) mass is 460 g/mol. The first-order chi connectivity index (χ1) is 15.1. The molecule has 32 heavy (non-hydrogen) atoms. The predicted octanol–water partition coefficient (Wildman–Crippen LogP) is 4.04. The van der Waals surface area contributed by atoms with Gasteiger partial charge in [-0.2, -0.15) is 4.31 Å². The van der Waals surface area contributed by atoms with Crippen LogP contribution in [-0.4, -0.2) is 45.9 Å². The van der Waals surface area contributed by atoms with Gasteiger partial charge in [-0.05, 0) is 48.1 Å². The third-order valence-electron chi connectivity index (χ3n) is 5.85. The van der Waals surface area contributed by atoms with Gasteiger partial charge in [0.05, 0.1) is 24.8 Å². The third kappa shape index (κ3) is 5.24. The van der Waals surface area contributed by atoms with E-state index in [0.717, 1.165) is 5.56 Å². The molecule has 7 nitrogen and oxygen atoms in total. The van der Waals surface area contributed by atoms with Crippen molar-refractivity contribution in [2.24, 2.45) is 5.92 Å². The summed E-state index contributed by atoms with van der Waals surface area (Å²) in [4.78, 5) is 13.1. The molecule has 1 heterocycles. The molecule has 2 aromatic carbocycles. The molecule has 1 aliphatic heterocycles. The molecular weight excluding hydrogens is 428 g/mol. The largest absolute Gasteiger partial charge is 0.497 e. The Hall–Kier alpha value is -2.58. The van der Waals surface area contributed by atoms with Gasteiger partial charge in [0.15, 0.2) is 0 Å². The molecule has 1 fully saturated rings. The first kappa shape index (κ1) is 24.1. The van der Waals surface area contributed by atoms with Crippen LogP contribution < -0.4 is 14.8 Å². The van der Waals surface area contributed by atoms with Crippen molar-refractivity contribution in [2.45, 2.75) is 43.9 Å². The van der Waals surface area contributed by atoms with E-state index in [4.69, 9.17) is 9.47 Å². The van der Waals surface area contributed by atoms with Crippen molar-refractivity contribution in [3.05, 3.63) is 48.0 Å². The zero-order valence-corrected chi connectivity index (χ0v) is 20.2. The second-order valence-corrected chi connectivity index (χ2v) is 10.9. The summed E-state index contributed by atoms with van der Waals surface area (Å²) in [7, 11) is -0.490. The highest BCUT2D eigenvalue weighted by Gasteiger charge is 2.32. The minimum Gasteiger partial charge on any atom is -0.497 e. The van der Waals surface area contributed by atoms with Gasteiger partial charge in [-0.15, -0.1) is 0 Å². The van der Waals surface area contributed by atoms with E-state index < -0.39 is 10.0 Å². The molecular formula is C24H32N2O5S. The van der Waals surface area contributed by atoms with Crippen LogP contribution in [0.1, 0.15) is 39.2 Å². The number of carbonyl (C=O) groups is 1. The maximum absolute atomic E-state index is 13.1. The molecule has 0 unspecified atom stereocenters. The number of nitrogens with one attached hydrogen (secondary N) is 1. The molecule has 0 radical (unpaired) electrons. The number of hydrogen-bond donors (Lipinski definition) is 1. The van der Waals surface area contributed by atoms with E-state index in [1.165, 1.54) is 11.4 Å². The van der Waals surface area contributed by atoms with E-state index in [9.17, 15) is 13.2 Å². The van der Waals surface area contributed by atoms with E-state index in [1.54, 1.807) is 37.4 Å². The number of sulfonamides is 1. The average molecular weight is 461 g/mol. The molecule has 8 heteroatoms. The van der Waals surface area contributed by atoms with Gasteiger partial charge >= 0.3 is 0 Å². The van der Waals surface area contributed by atoms with Gasteiger partial charge in [0.1, 0.15) is 11.5 Å². The summed E-state index contributed by atoms with van der Waals surface area (Å²) < 4.78 is 38.1. The van der Waals surface area contributed by atoms with Crippen LogP contribution in [0.15, 0.2) is 47.4 Å². The van der Waals surface area contributed by atoms with Crippen molar-refractivity contribution >= 4 is 21.6 Å². The molecule has 1 N–H and O–H groups in total. The van der Waals surface area contributed by atoms with Gasteiger partial charge in [0.2, 0.25) is 15.9 Å². The van der Waals surface area contributed by atoms with Gasteiger partial charge in [-0.1, -0.05) is 32.9 Å². The van der Waals surface area contributed by atoms with Crippen LogP contribution in [-0.2, 0) is 20.2 Å². The Morgan fingerprint density at radius 1 is 1.00 bits per heavy atom. The van der Waals surface area contributed by atoms with E-state index in [-0.39, 0.29) is 22.1 Å². The average Bonchev–Trinajstić information content (AvgIpc) is 2.78. The fraction of sp³-hybridized carbons (Fsp3) is 0.458. The minimum absolute atomic E-state index is 0.0411. The third-order valence-corrected chi connectivity index (χ3v) is 7.76. The summed E-state index contributed by atoms with van der Waals surface area (Å²) in [6.45, 7) is 6.89. The van der Waals surface area contributed by atoms with Gasteiger partial charge < -0.3 is 14.8 Å². The molecule has 0 atom stereocenters. The number of carbonyl (C=O) groups excluding carboxylic acids is 1. The van der Waals surface area contributed by atoms with Crippen molar-refractivity contribution < 1.29 is 22.7 Å². The van der Waals surface area contributed by atoms with Crippen LogP contribution in [0.25, 0.3) is 0 Å². The van der Waals surface area contributed by atoms with Crippen molar-refractivity contribution in [1.29, 1.82) is 0 Å². The lowest BCUT2D eigenvalue weighted by atomic mass is 9.87. The van der Waals surface area contributed by atoms with Crippen LogP contribution in [0.3, 0.4) is 0 Å². The number of benzene rings is 2. The molecule has 0 bridgehead atoms. The number of nitrogens with zero attached hydrogens (tertiary/aromatic N) is 1. The lowest BCUT2D eigenvalue weighted by Crippen LogP contribution is -2.41. The topological polar surface area (TPSA) is 84.9 Å². The van der Waals surface area contributed by atoms with Gasteiger partial charge in [0.25, 0.3) is 0 Å². The Kier molecular flexibility index (Phi) is 7.15. The molecule has 174 valence electrons. The highest BCUT2D eigenvalue weighted by Crippen LogP contribution is 2.31. The zero-order chi connectivity index (χ0) is 23.5. The normalized spacial score (nSPS) is 15.9. The highest BCUT2D eigenvalue weighted by molar-refractivity contribution is 7.89. The van der Waals surface area contributed by atoms with E-state index >= 15 is 0 Å². The molecule has 2 aromatic rings. The Balaban J connectivity index is 1.63. The second-order valence-electron chi connectivity index (χ2n) is 9.01. The van der Waals surface area contributed by atoms with Crippen LogP contribution in [0, 0.1) is 5.92 Å². The number of methoxy groups -OCH3 is 2. The fourth-order valence-corrected chi connectivity index (χ4v) is 5.24. The molecule has 0 aliphatic carbocycles. The van der Waals surface area contributed by atoms with Gasteiger partial charge in [0, 0.05) is 25.1 Å². The Morgan fingerprint density at radius 3 is 2.16 bits per heavy atom.